The maximum atomic E-state index is 12.9. The van der Waals surface area contributed by atoms with Gasteiger partial charge in [0.2, 0.25) is 10.0 Å². The molecule has 0 spiro atoms. The summed E-state index contributed by atoms with van der Waals surface area (Å²) in [5.74, 6) is 5.51. The molecule has 0 atom stereocenters. The van der Waals surface area contributed by atoms with E-state index >= 15 is 0 Å². The molecule has 0 bridgehead atoms. The number of aromatic nitrogens is 1. The van der Waals surface area contributed by atoms with Crippen LogP contribution in [0.4, 0.5) is 5.82 Å². The summed E-state index contributed by atoms with van der Waals surface area (Å²) < 4.78 is 27.2. The fraction of sp³-hybridized carbons (Fsp3) is 0.308. The number of pyridine rings is 1. The summed E-state index contributed by atoms with van der Waals surface area (Å²) in [6.45, 7) is 4.02. The lowest BCUT2D eigenvalue weighted by Gasteiger charge is -2.26. The van der Waals surface area contributed by atoms with E-state index in [4.69, 9.17) is 5.84 Å². The van der Waals surface area contributed by atoms with Crippen LogP contribution < -0.4 is 11.3 Å². The first kappa shape index (κ1) is 15.9. The molecule has 0 aliphatic rings. The van der Waals surface area contributed by atoms with Gasteiger partial charge in [-0.25, -0.2) is 19.2 Å². The largest absolute Gasteiger partial charge is 0.307 e. The fourth-order valence-corrected chi connectivity index (χ4v) is 4.44. The third-order valence-electron chi connectivity index (χ3n) is 2.96. The molecule has 0 saturated carbocycles. The second-order valence-electron chi connectivity index (χ2n) is 4.72. The van der Waals surface area contributed by atoms with Gasteiger partial charge >= 0.3 is 0 Å². The van der Waals surface area contributed by atoms with Crippen molar-refractivity contribution in [2.75, 3.05) is 5.43 Å². The highest BCUT2D eigenvalue weighted by Crippen LogP contribution is 2.26. The average Bonchev–Trinajstić information content (AvgIpc) is 2.97. The Morgan fingerprint density at radius 1 is 1.38 bits per heavy atom. The highest BCUT2D eigenvalue weighted by atomic mass is 32.2. The molecule has 0 amide bonds. The number of hydrogen-bond acceptors (Lipinski definition) is 6. The van der Waals surface area contributed by atoms with E-state index in [1.165, 1.54) is 27.9 Å². The molecule has 0 saturated heterocycles. The Bertz CT molecular complexity index is 684. The summed E-state index contributed by atoms with van der Waals surface area (Å²) in [7, 11) is -3.68. The van der Waals surface area contributed by atoms with Crippen LogP contribution in [0.5, 0.6) is 0 Å². The van der Waals surface area contributed by atoms with Crippen molar-refractivity contribution in [3.05, 3.63) is 40.7 Å². The number of nitrogens with one attached hydrogen (secondary N) is 1. The molecule has 0 aliphatic heterocycles. The Hall–Kier alpha value is -1.48. The van der Waals surface area contributed by atoms with Gasteiger partial charge in [-0.05, 0) is 37.4 Å². The number of rotatable bonds is 6. The van der Waals surface area contributed by atoms with Crippen LogP contribution in [-0.2, 0) is 16.6 Å². The van der Waals surface area contributed by atoms with Crippen molar-refractivity contribution in [1.82, 2.24) is 9.29 Å². The van der Waals surface area contributed by atoms with Gasteiger partial charge in [0.25, 0.3) is 0 Å². The van der Waals surface area contributed by atoms with Crippen LogP contribution >= 0.6 is 11.3 Å². The van der Waals surface area contributed by atoms with Crippen molar-refractivity contribution in [3.63, 3.8) is 0 Å². The first-order chi connectivity index (χ1) is 9.96. The Morgan fingerprint density at radius 2 is 2.14 bits per heavy atom. The van der Waals surface area contributed by atoms with E-state index in [-0.39, 0.29) is 16.8 Å². The third kappa shape index (κ3) is 3.41. The van der Waals surface area contributed by atoms with Gasteiger partial charge in [0.05, 0.1) is 0 Å². The van der Waals surface area contributed by atoms with Crippen molar-refractivity contribution in [2.24, 2.45) is 5.84 Å². The Labute approximate surface area is 128 Å². The molecule has 21 heavy (non-hydrogen) atoms. The number of nitrogens with two attached hydrogens (primary N) is 1. The molecule has 0 aromatic carbocycles. The number of nitrogen functional groups attached to an aromatic ring is 1. The van der Waals surface area contributed by atoms with Gasteiger partial charge in [-0.2, -0.15) is 4.31 Å². The molecule has 0 unspecified atom stereocenters. The smallest absolute Gasteiger partial charge is 0.247 e. The Morgan fingerprint density at radius 3 is 2.71 bits per heavy atom. The maximum absolute atomic E-state index is 12.9. The number of anilines is 1. The first-order valence-electron chi connectivity index (χ1n) is 6.42. The second kappa shape index (κ2) is 6.52. The number of hydrogen-bond donors (Lipinski definition) is 2. The minimum atomic E-state index is -3.68. The molecule has 0 radical (unpaired) electrons. The van der Waals surface area contributed by atoms with Crippen LogP contribution in [0, 0.1) is 0 Å². The Balaban J connectivity index is 2.42. The SMILES string of the molecule is CC(C)N(Cc1cccs1)S(=O)(=O)c1cccnc1NN. The van der Waals surface area contributed by atoms with Crippen LogP contribution in [0.15, 0.2) is 40.7 Å². The molecule has 2 aromatic heterocycles. The molecule has 114 valence electrons. The van der Waals surface area contributed by atoms with Crippen LogP contribution in [0.3, 0.4) is 0 Å². The van der Waals surface area contributed by atoms with Gasteiger partial charge < -0.3 is 5.43 Å². The summed E-state index contributed by atoms with van der Waals surface area (Å²) in [6.07, 6.45) is 1.49. The normalized spacial score (nSPS) is 12.0. The van der Waals surface area contributed by atoms with E-state index < -0.39 is 10.0 Å². The number of nitrogens with zero attached hydrogens (tertiary/aromatic N) is 2. The molecule has 0 aliphatic carbocycles. The van der Waals surface area contributed by atoms with Gasteiger partial charge in [0, 0.05) is 23.7 Å². The van der Waals surface area contributed by atoms with Crippen molar-refractivity contribution >= 4 is 27.2 Å². The molecule has 2 rings (SSSR count). The minimum absolute atomic E-state index is 0.0813. The second-order valence-corrected chi connectivity index (χ2v) is 7.61. The lowest BCUT2D eigenvalue weighted by molar-refractivity contribution is 0.350. The highest BCUT2D eigenvalue weighted by molar-refractivity contribution is 7.89. The number of sulfonamides is 1. The monoisotopic (exact) mass is 326 g/mol. The van der Waals surface area contributed by atoms with E-state index in [0.29, 0.717) is 6.54 Å². The van der Waals surface area contributed by atoms with Crippen LogP contribution in [0.25, 0.3) is 0 Å². The minimum Gasteiger partial charge on any atom is -0.307 e. The van der Waals surface area contributed by atoms with Gasteiger partial charge in [-0.15, -0.1) is 11.3 Å². The molecule has 8 heteroatoms. The van der Waals surface area contributed by atoms with Crippen molar-refractivity contribution in [2.45, 2.75) is 31.3 Å². The van der Waals surface area contributed by atoms with Crippen LogP contribution in [0.1, 0.15) is 18.7 Å². The van der Waals surface area contributed by atoms with Gasteiger partial charge in [0.1, 0.15) is 4.90 Å². The first-order valence-corrected chi connectivity index (χ1v) is 8.74. The lowest BCUT2D eigenvalue weighted by atomic mass is 10.4. The summed E-state index contributed by atoms with van der Waals surface area (Å²) >= 11 is 1.53. The standard InChI is InChI=1S/C13H18N4O2S2/c1-10(2)17(9-11-5-4-8-20-11)21(18,19)12-6-3-7-15-13(12)16-14/h3-8,10H,9,14H2,1-2H3,(H,15,16). The van der Waals surface area contributed by atoms with E-state index in [1.54, 1.807) is 6.07 Å². The van der Waals surface area contributed by atoms with Gasteiger partial charge in [-0.1, -0.05) is 6.07 Å². The molecule has 6 nitrogen and oxygen atoms in total. The van der Waals surface area contributed by atoms with E-state index in [1.807, 2.05) is 31.4 Å². The zero-order valence-electron chi connectivity index (χ0n) is 11.9. The topological polar surface area (TPSA) is 88.3 Å². The summed E-state index contributed by atoms with van der Waals surface area (Å²) in [5.41, 5.74) is 2.34. The Kier molecular flexibility index (Phi) is 4.94. The molecular weight excluding hydrogens is 308 g/mol. The van der Waals surface area contributed by atoms with Crippen molar-refractivity contribution < 1.29 is 8.42 Å². The molecular formula is C13H18N4O2S2. The lowest BCUT2D eigenvalue weighted by Crippen LogP contribution is -2.36. The summed E-state index contributed by atoms with van der Waals surface area (Å²) in [5, 5.41) is 1.93. The zero-order valence-corrected chi connectivity index (χ0v) is 13.5. The van der Waals surface area contributed by atoms with Gasteiger partial charge in [0.15, 0.2) is 5.82 Å². The van der Waals surface area contributed by atoms with Crippen LogP contribution in [0.2, 0.25) is 0 Å². The van der Waals surface area contributed by atoms with Gasteiger partial charge in [-0.3, -0.25) is 0 Å². The quantitative estimate of drug-likeness (QED) is 0.626. The van der Waals surface area contributed by atoms with Crippen LogP contribution in [-0.4, -0.2) is 23.7 Å². The maximum Gasteiger partial charge on any atom is 0.247 e. The predicted octanol–water partition coefficient (Wildman–Crippen LogP) is 2.03. The summed E-state index contributed by atoms with van der Waals surface area (Å²) in [6, 6.07) is 6.73. The molecule has 0 fully saturated rings. The molecule has 2 aromatic rings. The van der Waals surface area contributed by atoms with Crippen molar-refractivity contribution in [3.8, 4) is 0 Å². The number of thiophene rings is 1. The predicted molar refractivity (Wildman–Crippen MR) is 84.2 cm³/mol. The highest BCUT2D eigenvalue weighted by Gasteiger charge is 2.30. The summed E-state index contributed by atoms with van der Waals surface area (Å²) in [4.78, 5) is 5.03. The fourth-order valence-electron chi connectivity index (χ4n) is 1.93. The number of hydrazine groups is 1. The van der Waals surface area contributed by atoms with E-state index in [9.17, 15) is 8.42 Å². The average molecular weight is 326 g/mol. The zero-order chi connectivity index (χ0) is 15.5. The molecule has 2 heterocycles. The van der Waals surface area contributed by atoms with E-state index in [2.05, 4.69) is 10.4 Å². The van der Waals surface area contributed by atoms with E-state index in [0.717, 1.165) is 4.88 Å². The molecule has 3 N–H and O–H groups in total. The third-order valence-corrected chi connectivity index (χ3v) is 5.88. The van der Waals surface area contributed by atoms with Crippen molar-refractivity contribution in [1.29, 1.82) is 0 Å².